The van der Waals surface area contributed by atoms with Crippen LogP contribution in [0.2, 0.25) is 0 Å². The van der Waals surface area contributed by atoms with Crippen LogP contribution in [-0.2, 0) is 14.8 Å². The number of thiocarbonyl (C=S) groups is 1. The number of thiazole rings is 1. The number of ether oxygens (including phenoxy) is 1. The molecule has 190 valence electrons. The third-order valence-electron chi connectivity index (χ3n) is 5.55. The van der Waals surface area contributed by atoms with Crippen molar-refractivity contribution in [1.29, 1.82) is 0 Å². The molecule has 2 aromatic carbocycles. The zero-order chi connectivity index (χ0) is 25.7. The predicted molar refractivity (Wildman–Crippen MR) is 150 cm³/mol. The number of nitrogens with zero attached hydrogens (tertiary/aromatic N) is 4. The van der Waals surface area contributed by atoms with Gasteiger partial charge < -0.3 is 15.0 Å². The topological polar surface area (TPSA) is 99.2 Å². The van der Waals surface area contributed by atoms with Crippen LogP contribution in [0.5, 0.6) is 0 Å². The molecule has 1 aromatic heterocycles. The van der Waals surface area contributed by atoms with Gasteiger partial charge in [0.1, 0.15) is 0 Å². The summed E-state index contributed by atoms with van der Waals surface area (Å²) in [6.45, 7) is 4.83. The fourth-order valence-corrected chi connectivity index (χ4v) is 5.61. The summed E-state index contributed by atoms with van der Waals surface area (Å²) >= 11 is 6.96. The highest BCUT2D eigenvalue weighted by atomic mass is 32.2. The molecule has 0 bridgehead atoms. The second-order valence-corrected chi connectivity index (χ2v) is 11.8. The van der Waals surface area contributed by atoms with Crippen LogP contribution in [0.3, 0.4) is 0 Å². The maximum atomic E-state index is 12.5. The van der Waals surface area contributed by atoms with Gasteiger partial charge in [0, 0.05) is 38.4 Å². The van der Waals surface area contributed by atoms with Gasteiger partial charge >= 0.3 is 0 Å². The first-order valence-corrected chi connectivity index (χ1v) is 13.9. The van der Waals surface area contributed by atoms with Crippen molar-refractivity contribution >= 4 is 55.7 Å². The van der Waals surface area contributed by atoms with Gasteiger partial charge in [-0.1, -0.05) is 47.7 Å². The Morgan fingerprint density at radius 2 is 1.92 bits per heavy atom. The van der Waals surface area contributed by atoms with Gasteiger partial charge in [-0.3, -0.25) is 5.43 Å². The Balaban J connectivity index is 1.50. The van der Waals surface area contributed by atoms with Crippen molar-refractivity contribution in [2.24, 2.45) is 5.10 Å². The average molecular weight is 545 g/mol. The Bertz CT molecular complexity index is 1350. The quantitative estimate of drug-likeness (QED) is 0.265. The number of benzene rings is 2. The van der Waals surface area contributed by atoms with E-state index in [1.54, 1.807) is 35.8 Å². The lowest BCUT2D eigenvalue weighted by Gasteiger charge is -2.26. The van der Waals surface area contributed by atoms with Crippen molar-refractivity contribution in [1.82, 2.24) is 14.7 Å². The normalized spacial score (nSPS) is 14.4. The number of sulfonamides is 1. The lowest BCUT2D eigenvalue weighted by molar-refractivity contribution is 0.122. The lowest BCUT2D eigenvalue weighted by atomic mass is 10.1. The summed E-state index contributed by atoms with van der Waals surface area (Å²) in [7, 11) is -0.567. The Hall–Kier alpha value is -2.90. The fraction of sp³-hybridized carbons (Fsp3) is 0.292. The van der Waals surface area contributed by atoms with Crippen molar-refractivity contribution in [3.05, 3.63) is 59.0 Å². The molecule has 2 N–H and O–H groups in total. The molecule has 12 heteroatoms. The zero-order valence-corrected chi connectivity index (χ0v) is 22.7. The summed E-state index contributed by atoms with van der Waals surface area (Å²) < 4.78 is 31.6. The molecular weight excluding hydrogens is 517 g/mol. The standard InChI is InChI=1S/C24H28N6O3S3/c1-17-9-10-19(36(31,32)29(2)3)15-20(17)26-23(34)28-25-16-21-22(18-7-5-4-6-8-18)27-24(35-21)30-11-13-33-14-12-30/h4-10,15-16H,11-14H2,1-3H3,(H2,26,28,34). The van der Waals surface area contributed by atoms with E-state index in [1.165, 1.54) is 18.4 Å². The molecular formula is C24H28N6O3S3. The van der Waals surface area contributed by atoms with E-state index in [0.717, 1.165) is 39.9 Å². The Labute approximate surface area is 220 Å². The highest BCUT2D eigenvalue weighted by molar-refractivity contribution is 7.89. The van der Waals surface area contributed by atoms with E-state index >= 15 is 0 Å². The van der Waals surface area contributed by atoms with E-state index in [9.17, 15) is 8.42 Å². The maximum absolute atomic E-state index is 12.5. The van der Waals surface area contributed by atoms with E-state index in [0.29, 0.717) is 18.9 Å². The van der Waals surface area contributed by atoms with E-state index in [-0.39, 0.29) is 10.0 Å². The van der Waals surface area contributed by atoms with Crippen LogP contribution in [0.25, 0.3) is 11.3 Å². The number of hydrogen-bond donors (Lipinski definition) is 2. The fourth-order valence-electron chi connectivity index (χ4n) is 3.51. The van der Waals surface area contributed by atoms with Crippen LogP contribution in [0.1, 0.15) is 10.4 Å². The molecule has 0 radical (unpaired) electrons. The number of morpholine rings is 1. The van der Waals surface area contributed by atoms with Gasteiger partial charge in [-0.2, -0.15) is 5.10 Å². The highest BCUT2D eigenvalue weighted by Gasteiger charge is 2.20. The molecule has 0 amide bonds. The van der Waals surface area contributed by atoms with Crippen LogP contribution in [0.15, 0.2) is 58.5 Å². The Kier molecular flexibility index (Phi) is 8.32. The molecule has 0 unspecified atom stereocenters. The third kappa shape index (κ3) is 6.08. The predicted octanol–water partition coefficient (Wildman–Crippen LogP) is 3.53. The second kappa shape index (κ2) is 11.4. The number of anilines is 2. The average Bonchev–Trinajstić information content (AvgIpc) is 3.30. The van der Waals surface area contributed by atoms with Crippen molar-refractivity contribution in [3.63, 3.8) is 0 Å². The number of aryl methyl sites for hydroxylation is 1. The zero-order valence-electron chi connectivity index (χ0n) is 20.3. The molecule has 0 spiro atoms. The molecule has 1 saturated heterocycles. The third-order valence-corrected chi connectivity index (χ3v) is 8.61. The van der Waals surface area contributed by atoms with Crippen LogP contribution in [-0.4, -0.2) is 69.4 Å². The second-order valence-electron chi connectivity index (χ2n) is 8.26. The molecule has 36 heavy (non-hydrogen) atoms. The van der Waals surface area contributed by atoms with Crippen LogP contribution >= 0.6 is 23.6 Å². The minimum absolute atomic E-state index is 0.180. The number of nitrogens with one attached hydrogen (secondary N) is 2. The van der Waals surface area contributed by atoms with Crippen LogP contribution in [0.4, 0.5) is 10.8 Å². The maximum Gasteiger partial charge on any atom is 0.242 e. The van der Waals surface area contributed by atoms with E-state index < -0.39 is 10.0 Å². The summed E-state index contributed by atoms with van der Waals surface area (Å²) in [6.07, 6.45) is 1.71. The number of rotatable bonds is 7. The SMILES string of the molecule is Cc1ccc(S(=O)(=O)N(C)C)cc1NC(=S)NN=Cc1sc(N2CCOCC2)nc1-c1ccccc1. The molecule has 1 aliphatic rings. The molecule has 1 fully saturated rings. The number of hydrazone groups is 1. The van der Waals surface area contributed by atoms with Gasteiger partial charge in [0.05, 0.1) is 34.9 Å². The Morgan fingerprint density at radius 1 is 1.19 bits per heavy atom. The summed E-state index contributed by atoms with van der Waals surface area (Å²) in [5, 5.41) is 8.54. The first-order chi connectivity index (χ1) is 17.3. The van der Waals surface area contributed by atoms with Crippen molar-refractivity contribution in [2.45, 2.75) is 11.8 Å². The molecule has 1 aliphatic heterocycles. The van der Waals surface area contributed by atoms with Gasteiger partial charge in [0.15, 0.2) is 10.2 Å². The highest BCUT2D eigenvalue weighted by Crippen LogP contribution is 2.32. The molecule has 2 heterocycles. The van der Waals surface area contributed by atoms with E-state index in [1.807, 2.05) is 37.3 Å². The molecule has 0 atom stereocenters. The summed E-state index contributed by atoms with van der Waals surface area (Å²) in [4.78, 5) is 8.18. The van der Waals surface area contributed by atoms with Crippen molar-refractivity contribution < 1.29 is 13.2 Å². The lowest BCUT2D eigenvalue weighted by Crippen LogP contribution is -2.36. The van der Waals surface area contributed by atoms with E-state index in [4.69, 9.17) is 21.9 Å². The summed E-state index contributed by atoms with van der Waals surface area (Å²) in [5.41, 5.74) is 6.12. The molecule has 3 aromatic rings. The van der Waals surface area contributed by atoms with Crippen molar-refractivity contribution in [2.75, 3.05) is 50.6 Å². The van der Waals surface area contributed by atoms with Gasteiger partial charge in [-0.05, 0) is 36.8 Å². The van der Waals surface area contributed by atoms with Crippen LogP contribution in [0, 0.1) is 6.92 Å². The molecule has 4 rings (SSSR count). The monoisotopic (exact) mass is 544 g/mol. The van der Waals surface area contributed by atoms with Gasteiger partial charge in [-0.15, -0.1) is 0 Å². The largest absolute Gasteiger partial charge is 0.378 e. The number of hydrogen-bond acceptors (Lipinski definition) is 8. The minimum atomic E-state index is -3.56. The molecule has 0 saturated carbocycles. The first kappa shape index (κ1) is 26.2. The van der Waals surface area contributed by atoms with Crippen molar-refractivity contribution in [3.8, 4) is 11.3 Å². The number of aromatic nitrogens is 1. The van der Waals surface area contributed by atoms with Gasteiger partial charge in [0.25, 0.3) is 0 Å². The summed E-state index contributed by atoms with van der Waals surface area (Å²) in [5.74, 6) is 0. The van der Waals surface area contributed by atoms with E-state index in [2.05, 4.69) is 20.7 Å². The van der Waals surface area contributed by atoms with Gasteiger partial charge in [-0.25, -0.2) is 17.7 Å². The smallest absolute Gasteiger partial charge is 0.242 e. The summed E-state index contributed by atoms with van der Waals surface area (Å²) in [6, 6.07) is 14.8. The van der Waals surface area contributed by atoms with Crippen LogP contribution < -0.4 is 15.6 Å². The molecule has 0 aliphatic carbocycles. The first-order valence-electron chi connectivity index (χ1n) is 11.3. The Morgan fingerprint density at radius 3 is 2.61 bits per heavy atom. The minimum Gasteiger partial charge on any atom is -0.378 e. The molecule has 9 nitrogen and oxygen atoms in total. The van der Waals surface area contributed by atoms with Gasteiger partial charge in [0.2, 0.25) is 10.0 Å².